The number of halogens is 1. The standard InChI is InChI=1S/C13H13ClN2S/c14-11-4-2-1-3-10(11)12-8-17-13(16-12)7-15-9-5-6-9/h1-4,8-9,15H,5-7H2. The number of thiazole rings is 1. The fourth-order valence-corrected chi connectivity index (χ4v) is 2.68. The molecule has 17 heavy (non-hydrogen) atoms. The molecule has 0 unspecified atom stereocenters. The third-order valence-electron chi connectivity index (χ3n) is 2.82. The maximum absolute atomic E-state index is 6.15. The molecule has 4 heteroatoms. The lowest BCUT2D eigenvalue weighted by Gasteiger charge is -1.99. The van der Waals surface area contributed by atoms with Gasteiger partial charge in [0.15, 0.2) is 0 Å². The summed E-state index contributed by atoms with van der Waals surface area (Å²) in [4.78, 5) is 4.61. The highest BCUT2D eigenvalue weighted by Crippen LogP contribution is 2.28. The Hall–Kier alpha value is -0.900. The molecule has 1 saturated carbocycles. The summed E-state index contributed by atoms with van der Waals surface area (Å²) in [5.41, 5.74) is 2.00. The molecule has 1 aliphatic carbocycles. The number of aromatic nitrogens is 1. The molecule has 1 fully saturated rings. The van der Waals surface area contributed by atoms with Gasteiger partial charge in [0, 0.05) is 28.6 Å². The van der Waals surface area contributed by atoms with Gasteiger partial charge in [-0.3, -0.25) is 0 Å². The van der Waals surface area contributed by atoms with E-state index in [0.717, 1.165) is 33.9 Å². The van der Waals surface area contributed by atoms with Crippen molar-refractivity contribution >= 4 is 22.9 Å². The van der Waals surface area contributed by atoms with Crippen molar-refractivity contribution in [2.45, 2.75) is 25.4 Å². The highest BCUT2D eigenvalue weighted by molar-refractivity contribution is 7.09. The van der Waals surface area contributed by atoms with E-state index < -0.39 is 0 Å². The van der Waals surface area contributed by atoms with Crippen LogP contribution in [-0.2, 0) is 6.54 Å². The van der Waals surface area contributed by atoms with Crippen LogP contribution in [0.2, 0.25) is 5.02 Å². The van der Waals surface area contributed by atoms with E-state index >= 15 is 0 Å². The van der Waals surface area contributed by atoms with Crippen LogP contribution >= 0.6 is 22.9 Å². The number of nitrogens with one attached hydrogen (secondary N) is 1. The summed E-state index contributed by atoms with van der Waals surface area (Å²) in [6, 6.07) is 8.56. The lowest BCUT2D eigenvalue weighted by atomic mass is 10.2. The zero-order valence-electron chi connectivity index (χ0n) is 9.32. The molecular formula is C13H13ClN2S. The summed E-state index contributed by atoms with van der Waals surface area (Å²) in [5.74, 6) is 0. The van der Waals surface area contributed by atoms with Crippen LogP contribution in [0.25, 0.3) is 11.3 Å². The minimum absolute atomic E-state index is 0.725. The van der Waals surface area contributed by atoms with E-state index in [1.807, 2.05) is 24.3 Å². The van der Waals surface area contributed by atoms with E-state index in [1.54, 1.807) is 11.3 Å². The van der Waals surface area contributed by atoms with Crippen molar-refractivity contribution in [3.8, 4) is 11.3 Å². The molecule has 3 rings (SSSR count). The molecule has 0 aliphatic heterocycles. The molecule has 0 radical (unpaired) electrons. The molecular weight excluding hydrogens is 252 g/mol. The minimum Gasteiger partial charge on any atom is -0.308 e. The van der Waals surface area contributed by atoms with Gasteiger partial charge in [0.1, 0.15) is 5.01 Å². The Bertz CT molecular complexity index is 520. The van der Waals surface area contributed by atoms with Crippen molar-refractivity contribution in [1.29, 1.82) is 0 Å². The first-order chi connectivity index (χ1) is 8.33. The van der Waals surface area contributed by atoms with Crippen molar-refractivity contribution in [2.24, 2.45) is 0 Å². The summed E-state index contributed by atoms with van der Waals surface area (Å²) in [5, 5.41) is 7.44. The van der Waals surface area contributed by atoms with Crippen molar-refractivity contribution in [3.63, 3.8) is 0 Å². The average molecular weight is 265 g/mol. The molecule has 88 valence electrons. The quantitative estimate of drug-likeness (QED) is 0.911. The smallest absolute Gasteiger partial charge is 0.107 e. The van der Waals surface area contributed by atoms with Crippen LogP contribution < -0.4 is 5.32 Å². The average Bonchev–Trinajstić information content (AvgIpc) is 3.06. The van der Waals surface area contributed by atoms with Crippen LogP contribution in [-0.4, -0.2) is 11.0 Å². The SMILES string of the molecule is Clc1ccccc1-c1csc(CNC2CC2)n1. The van der Waals surface area contributed by atoms with Crippen LogP contribution in [0.5, 0.6) is 0 Å². The van der Waals surface area contributed by atoms with Gasteiger partial charge in [-0.05, 0) is 18.9 Å². The van der Waals surface area contributed by atoms with E-state index in [2.05, 4.69) is 15.7 Å². The van der Waals surface area contributed by atoms with E-state index in [0.29, 0.717) is 0 Å². The fraction of sp³-hybridized carbons (Fsp3) is 0.308. The van der Waals surface area contributed by atoms with E-state index in [4.69, 9.17) is 11.6 Å². The molecule has 0 bridgehead atoms. The third kappa shape index (κ3) is 2.68. The summed E-state index contributed by atoms with van der Waals surface area (Å²) >= 11 is 7.85. The van der Waals surface area contributed by atoms with Gasteiger partial charge in [-0.2, -0.15) is 0 Å². The first-order valence-electron chi connectivity index (χ1n) is 5.75. The van der Waals surface area contributed by atoms with Gasteiger partial charge in [0.25, 0.3) is 0 Å². The van der Waals surface area contributed by atoms with Gasteiger partial charge in [0.2, 0.25) is 0 Å². The number of benzene rings is 1. The second kappa shape index (κ2) is 4.77. The zero-order chi connectivity index (χ0) is 11.7. The summed E-state index contributed by atoms with van der Waals surface area (Å²) in [6.45, 7) is 0.875. The van der Waals surface area contributed by atoms with Crippen molar-refractivity contribution in [1.82, 2.24) is 10.3 Å². The molecule has 0 atom stereocenters. The number of nitrogens with zero attached hydrogens (tertiary/aromatic N) is 1. The number of hydrogen-bond donors (Lipinski definition) is 1. The minimum atomic E-state index is 0.725. The predicted molar refractivity (Wildman–Crippen MR) is 72.4 cm³/mol. The highest BCUT2D eigenvalue weighted by atomic mass is 35.5. The Morgan fingerprint density at radius 3 is 2.94 bits per heavy atom. The number of rotatable bonds is 4. The highest BCUT2D eigenvalue weighted by Gasteiger charge is 2.20. The molecule has 2 nitrogen and oxygen atoms in total. The van der Waals surface area contributed by atoms with Crippen LogP contribution in [0.4, 0.5) is 0 Å². The molecule has 1 N–H and O–H groups in total. The van der Waals surface area contributed by atoms with Crippen molar-refractivity contribution < 1.29 is 0 Å². The molecule has 1 heterocycles. The van der Waals surface area contributed by atoms with Crippen LogP contribution in [0.15, 0.2) is 29.6 Å². The monoisotopic (exact) mass is 264 g/mol. The molecule has 1 aromatic heterocycles. The Kier molecular flexibility index (Phi) is 3.14. The lowest BCUT2D eigenvalue weighted by Crippen LogP contribution is -2.14. The Balaban J connectivity index is 1.77. The molecule has 2 aromatic rings. The largest absolute Gasteiger partial charge is 0.308 e. The van der Waals surface area contributed by atoms with Crippen LogP contribution in [0, 0.1) is 0 Å². The second-order valence-corrected chi connectivity index (χ2v) is 5.61. The first-order valence-corrected chi connectivity index (χ1v) is 7.01. The Labute approximate surface area is 110 Å². The first kappa shape index (κ1) is 11.2. The lowest BCUT2D eigenvalue weighted by molar-refractivity contribution is 0.685. The Morgan fingerprint density at radius 2 is 2.18 bits per heavy atom. The van der Waals surface area contributed by atoms with Gasteiger partial charge in [-0.15, -0.1) is 11.3 Å². The zero-order valence-corrected chi connectivity index (χ0v) is 10.9. The number of hydrogen-bond acceptors (Lipinski definition) is 3. The van der Waals surface area contributed by atoms with Crippen LogP contribution in [0.1, 0.15) is 17.8 Å². The molecule has 0 amide bonds. The van der Waals surface area contributed by atoms with Gasteiger partial charge >= 0.3 is 0 Å². The van der Waals surface area contributed by atoms with Gasteiger partial charge in [-0.25, -0.2) is 4.98 Å². The summed E-state index contributed by atoms with van der Waals surface area (Å²) < 4.78 is 0. The Morgan fingerprint density at radius 1 is 1.35 bits per heavy atom. The maximum Gasteiger partial charge on any atom is 0.107 e. The van der Waals surface area contributed by atoms with Crippen molar-refractivity contribution in [2.75, 3.05) is 0 Å². The van der Waals surface area contributed by atoms with Gasteiger partial charge in [-0.1, -0.05) is 29.8 Å². The topological polar surface area (TPSA) is 24.9 Å². The molecule has 0 saturated heterocycles. The fourth-order valence-electron chi connectivity index (χ4n) is 1.70. The van der Waals surface area contributed by atoms with E-state index in [-0.39, 0.29) is 0 Å². The van der Waals surface area contributed by atoms with E-state index in [1.165, 1.54) is 12.8 Å². The molecule has 1 aliphatic rings. The van der Waals surface area contributed by atoms with Gasteiger partial charge < -0.3 is 5.32 Å². The summed E-state index contributed by atoms with van der Waals surface area (Å²) in [7, 11) is 0. The second-order valence-electron chi connectivity index (χ2n) is 4.26. The van der Waals surface area contributed by atoms with Gasteiger partial charge in [0.05, 0.1) is 5.69 Å². The predicted octanol–water partition coefficient (Wildman–Crippen LogP) is 3.72. The van der Waals surface area contributed by atoms with Crippen molar-refractivity contribution in [3.05, 3.63) is 39.7 Å². The molecule has 0 spiro atoms. The maximum atomic E-state index is 6.15. The normalized spacial score (nSPS) is 15.1. The summed E-state index contributed by atoms with van der Waals surface area (Å²) in [6.07, 6.45) is 2.62. The van der Waals surface area contributed by atoms with E-state index in [9.17, 15) is 0 Å². The van der Waals surface area contributed by atoms with Crippen LogP contribution in [0.3, 0.4) is 0 Å². The molecule has 1 aromatic carbocycles. The third-order valence-corrected chi connectivity index (χ3v) is 4.00.